The summed E-state index contributed by atoms with van der Waals surface area (Å²) in [5.74, 6) is -0.120. The Morgan fingerprint density at radius 3 is 2.53 bits per heavy atom. The highest BCUT2D eigenvalue weighted by Crippen LogP contribution is 2.44. The second-order valence-electron chi connectivity index (χ2n) is 8.88. The van der Waals surface area contributed by atoms with E-state index in [2.05, 4.69) is 19.2 Å². The molecule has 0 spiro atoms. The highest BCUT2D eigenvalue weighted by Gasteiger charge is 2.30. The number of rotatable bonds is 4. The number of aryl methyl sites for hydroxylation is 2. The van der Waals surface area contributed by atoms with E-state index in [-0.39, 0.29) is 23.6 Å². The van der Waals surface area contributed by atoms with Gasteiger partial charge in [0.2, 0.25) is 5.91 Å². The van der Waals surface area contributed by atoms with E-state index in [9.17, 15) is 14.7 Å². The molecule has 0 unspecified atom stereocenters. The fourth-order valence-corrected chi connectivity index (χ4v) is 5.74. The molecule has 5 rings (SSSR count). The summed E-state index contributed by atoms with van der Waals surface area (Å²) in [7, 11) is 1.73. The summed E-state index contributed by atoms with van der Waals surface area (Å²) in [5.41, 5.74) is 5.85. The number of hydrogen-bond donors (Lipinski definition) is 2. The Labute approximate surface area is 217 Å². The summed E-state index contributed by atoms with van der Waals surface area (Å²) < 4.78 is 1.56. The van der Waals surface area contributed by atoms with E-state index in [4.69, 9.17) is 16.6 Å². The number of nitrogens with zero attached hydrogens (tertiary/aromatic N) is 2. The number of carbonyl (C=O) groups is 1. The van der Waals surface area contributed by atoms with Crippen molar-refractivity contribution in [2.24, 2.45) is 12.0 Å². The number of amides is 1. The topological polar surface area (TPSA) is 83.7 Å². The summed E-state index contributed by atoms with van der Waals surface area (Å²) in [4.78, 5) is 33.2. The molecule has 0 radical (unpaired) electrons. The summed E-state index contributed by atoms with van der Waals surface area (Å²) in [5, 5.41) is 13.0. The number of nitrogens with one attached hydrogen (secondary N) is 1. The summed E-state index contributed by atoms with van der Waals surface area (Å²) >= 11 is 7.83. The summed E-state index contributed by atoms with van der Waals surface area (Å²) in [6.45, 7) is 4.16. The van der Waals surface area contributed by atoms with Gasteiger partial charge in [-0.1, -0.05) is 23.7 Å². The van der Waals surface area contributed by atoms with Gasteiger partial charge < -0.3 is 15.0 Å². The highest BCUT2D eigenvalue weighted by molar-refractivity contribution is 7.16. The molecule has 0 saturated carbocycles. The van der Waals surface area contributed by atoms with Gasteiger partial charge in [-0.25, -0.2) is 0 Å². The van der Waals surface area contributed by atoms with Crippen molar-refractivity contribution in [1.82, 2.24) is 4.57 Å². The van der Waals surface area contributed by atoms with Crippen LogP contribution in [0.25, 0.3) is 10.4 Å². The van der Waals surface area contributed by atoms with Crippen molar-refractivity contribution >= 4 is 40.2 Å². The lowest BCUT2D eigenvalue weighted by Gasteiger charge is -2.16. The zero-order valence-corrected chi connectivity index (χ0v) is 21.6. The van der Waals surface area contributed by atoms with Crippen LogP contribution in [-0.4, -0.2) is 21.3 Å². The number of pyridine rings is 1. The third-order valence-corrected chi connectivity index (χ3v) is 7.91. The smallest absolute Gasteiger partial charge is 0.250 e. The zero-order valence-electron chi connectivity index (χ0n) is 20.0. The van der Waals surface area contributed by atoms with Gasteiger partial charge in [0.05, 0.1) is 18.2 Å². The molecule has 2 aromatic carbocycles. The van der Waals surface area contributed by atoms with E-state index in [0.29, 0.717) is 10.7 Å². The Bertz CT molecular complexity index is 1570. The molecule has 0 aliphatic carbocycles. The molecule has 1 amide bonds. The van der Waals surface area contributed by atoms with Gasteiger partial charge in [-0.2, -0.15) is 0 Å². The van der Waals surface area contributed by atoms with Gasteiger partial charge in [-0.15, -0.1) is 11.3 Å². The number of phenols is 1. The summed E-state index contributed by atoms with van der Waals surface area (Å²) in [6.07, 6.45) is 1.89. The predicted molar refractivity (Wildman–Crippen MR) is 146 cm³/mol. The van der Waals surface area contributed by atoms with Gasteiger partial charge in [0, 0.05) is 56.5 Å². The third-order valence-electron chi connectivity index (χ3n) is 6.42. The van der Waals surface area contributed by atoms with E-state index < -0.39 is 6.04 Å². The van der Waals surface area contributed by atoms with Crippen LogP contribution >= 0.6 is 22.9 Å². The van der Waals surface area contributed by atoms with E-state index in [1.54, 1.807) is 41.2 Å². The second kappa shape index (κ2) is 9.41. The lowest BCUT2D eigenvalue weighted by molar-refractivity contribution is -0.116. The number of phenolic OH excluding ortho intramolecular Hbond substituents is 1. The number of carbonyl (C=O) groups excluding carboxylic acids is 1. The number of aromatic nitrogens is 1. The number of anilines is 1. The number of hydrogen-bond acceptors (Lipinski definition) is 5. The molecule has 2 N–H and O–H groups in total. The van der Waals surface area contributed by atoms with Gasteiger partial charge in [-0.05, 0) is 61.4 Å². The van der Waals surface area contributed by atoms with E-state index in [1.165, 1.54) is 17.0 Å². The van der Waals surface area contributed by atoms with Crippen molar-refractivity contribution in [1.29, 1.82) is 0 Å². The van der Waals surface area contributed by atoms with Crippen LogP contribution in [0.2, 0.25) is 5.02 Å². The molecule has 2 aromatic heterocycles. The minimum absolute atomic E-state index is 0.0467. The highest BCUT2D eigenvalue weighted by atomic mass is 35.5. The Hall–Kier alpha value is -3.68. The van der Waals surface area contributed by atoms with Crippen LogP contribution in [0, 0.1) is 13.8 Å². The molecule has 182 valence electrons. The number of fused-ring (bicyclic) bond motifs is 3. The molecule has 0 saturated heterocycles. The summed E-state index contributed by atoms with van der Waals surface area (Å²) in [6, 6.07) is 14.8. The van der Waals surface area contributed by atoms with Crippen molar-refractivity contribution in [3.8, 4) is 16.2 Å². The first kappa shape index (κ1) is 24.0. The molecule has 1 aliphatic heterocycles. The number of benzene rings is 2. The molecule has 6 nitrogen and oxygen atoms in total. The molecule has 8 heteroatoms. The van der Waals surface area contributed by atoms with Crippen molar-refractivity contribution in [2.45, 2.75) is 26.3 Å². The minimum Gasteiger partial charge on any atom is -0.508 e. The minimum atomic E-state index is -0.573. The normalized spacial score (nSPS) is 14.4. The molecule has 0 fully saturated rings. The average molecular weight is 518 g/mol. The fraction of sp³-hybridized carbons (Fsp3) is 0.179. The monoisotopic (exact) mass is 517 g/mol. The van der Waals surface area contributed by atoms with E-state index in [0.717, 1.165) is 38.4 Å². The van der Waals surface area contributed by atoms with Crippen LogP contribution in [0.5, 0.6) is 5.75 Å². The maximum Gasteiger partial charge on any atom is 0.250 e. The van der Waals surface area contributed by atoms with Gasteiger partial charge in [0.1, 0.15) is 5.75 Å². The number of aromatic hydroxyl groups is 1. The van der Waals surface area contributed by atoms with Crippen LogP contribution in [-0.2, 0) is 11.8 Å². The SMILES string of the molecule is Cc1sc2c(c1C)C(c1ccc(Cl)cc1)=N[C@@H](CC(=O)Nc1ccc(O)cc1)c1cc(=O)n(C)cc1-2. The maximum atomic E-state index is 13.1. The van der Waals surface area contributed by atoms with E-state index >= 15 is 0 Å². The van der Waals surface area contributed by atoms with Crippen molar-refractivity contribution in [2.75, 3.05) is 5.32 Å². The van der Waals surface area contributed by atoms with Crippen molar-refractivity contribution in [3.63, 3.8) is 0 Å². The first-order chi connectivity index (χ1) is 17.2. The Kier molecular flexibility index (Phi) is 6.28. The molecule has 36 heavy (non-hydrogen) atoms. The number of aliphatic imine (C=N–C) groups is 1. The van der Waals surface area contributed by atoms with Gasteiger partial charge in [0.25, 0.3) is 5.56 Å². The quantitative estimate of drug-likeness (QED) is 0.325. The lowest BCUT2D eigenvalue weighted by Crippen LogP contribution is -2.20. The molecule has 1 aliphatic rings. The Balaban J connectivity index is 1.67. The standard InChI is InChI=1S/C28H24ClN3O3S/c1-15-16(2)36-28-22-14-32(3)25(35)12-21(22)23(13-24(34)30-19-8-10-20(33)11-9-19)31-27(26(15)28)17-4-6-18(29)7-5-17/h4-12,14,23,33H,13H2,1-3H3,(H,30,34)/t23-/m0/s1. The Morgan fingerprint density at radius 2 is 1.83 bits per heavy atom. The second-order valence-corrected chi connectivity index (χ2v) is 10.5. The molecular formula is C28H24ClN3O3S. The van der Waals surface area contributed by atoms with Gasteiger partial charge in [-0.3, -0.25) is 14.6 Å². The van der Waals surface area contributed by atoms with Gasteiger partial charge in [0.15, 0.2) is 0 Å². The molecular weight excluding hydrogens is 494 g/mol. The number of halogens is 1. The molecule has 0 bridgehead atoms. The maximum absolute atomic E-state index is 13.1. The average Bonchev–Trinajstić information content (AvgIpc) is 3.07. The van der Waals surface area contributed by atoms with E-state index in [1.807, 2.05) is 30.5 Å². The molecule has 4 aromatic rings. The van der Waals surface area contributed by atoms with Crippen LogP contribution in [0.1, 0.15) is 39.6 Å². The van der Waals surface area contributed by atoms with Crippen LogP contribution in [0.15, 0.2) is 70.6 Å². The molecule has 3 heterocycles. The number of thiophene rings is 1. The Morgan fingerprint density at radius 1 is 1.14 bits per heavy atom. The van der Waals surface area contributed by atoms with Crippen LogP contribution in [0.3, 0.4) is 0 Å². The third kappa shape index (κ3) is 4.47. The largest absolute Gasteiger partial charge is 0.508 e. The van der Waals surface area contributed by atoms with Gasteiger partial charge >= 0.3 is 0 Å². The van der Waals surface area contributed by atoms with Crippen molar-refractivity contribution < 1.29 is 9.90 Å². The first-order valence-corrected chi connectivity index (χ1v) is 12.6. The fourth-order valence-electron chi connectivity index (χ4n) is 4.42. The first-order valence-electron chi connectivity index (χ1n) is 11.4. The van der Waals surface area contributed by atoms with Crippen LogP contribution < -0.4 is 10.9 Å². The van der Waals surface area contributed by atoms with Crippen LogP contribution in [0.4, 0.5) is 5.69 Å². The molecule has 1 atom stereocenters. The zero-order chi connectivity index (χ0) is 25.6. The lowest BCUT2D eigenvalue weighted by atomic mass is 9.95. The van der Waals surface area contributed by atoms with Crippen molar-refractivity contribution in [3.05, 3.63) is 103 Å². The predicted octanol–water partition coefficient (Wildman–Crippen LogP) is 6.01.